The van der Waals surface area contributed by atoms with E-state index in [9.17, 15) is 18.0 Å². The second-order valence-electron chi connectivity index (χ2n) is 7.42. The van der Waals surface area contributed by atoms with Crippen molar-refractivity contribution >= 4 is 16.7 Å². The highest BCUT2D eigenvalue weighted by Crippen LogP contribution is 2.43. The van der Waals surface area contributed by atoms with Crippen molar-refractivity contribution in [1.82, 2.24) is 10.4 Å². The Hall–Kier alpha value is -2.08. The summed E-state index contributed by atoms with van der Waals surface area (Å²) in [5.74, 6) is -0.384. The van der Waals surface area contributed by atoms with E-state index >= 15 is 0 Å². The number of fused-ring (bicyclic) bond motifs is 1. The fourth-order valence-corrected chi connectivity index (χ4v) is 3.43. The summed E-state index contributed by atoms with van der Waals surface area (Å²) < 4.78 is 41.8. The van der Waals surface area contributed by atoms with E-state index in [1.807, 2.05) is 45.0 Å². The minimum atomic E-state index is -4.50. The van der Waals surface area contributed by atoms with Crippen LogP contribution in [-0.4, -0.2) is 23.6 Å². The first-order valence-electron chi connectivity index (χ1n) is 8.24. The lowest BCUT2D eigenvalue weighted by Crippen LogP contribution is -2.43. The monoisotopic (exact) mass is 350 g/mol. The lowest BCUT2D eigenvalue weighted by Gasteiger charge is -2.32. The zero-order valence-corrected chi connectivity index (χ0v) is 14.4. The van der Waals surface area contributed by atoms with Crippen molar-refractivity contribution in [2.45, 2.75) is 44.8 Å². The molecule has 1 fully saturated rings. The highest BCUT2D eigenvalue weighted by Gasteiger charge is 2.47. The Morgan fingerprint density at radius 2 is 1.72 bits per heavy atom. The Balaban J connectivity index is 2.26. The smallest absolute Gasteiger partial charge is 0.288 e. The Labute approximate surface area is 144 Å². The van der Waals surface area contributed by atoms with E-state index in [2.05, 4.69) is 5.43 Å². The van der Waals surface area contributed by atoms with Gasteiger partial charge in [0.1, 0.15) is 0 Å². The van der Waals surface area contributed by atoms with Crippen molar-refractivity contribution in [3.63, 3.8) is 0 Å². The fraction of sp³-hybridized carbons (Fsp3) is 0.421. The van der Waals surface area contributed by atoms with Gasteiger partial charge in [0, 0.05) is 13.0 Å². The van der Waals surface area contributed by atoms with Gasteiger partial charge in [-0.25, -0.2) is 5.01 Å². The third-order valence-electron chi connectivity index (χ3n) is 4.51. The van der Waals surface area contributed by atoms with Gasteiger partial charge in [-0.2, -0.15) is 13.2 Å². The third kappa shape index (κ3) is 3.35. The normalized spacial score (nSPS) is 17.8. The van der Waals surface area contributed by atoms with Gasteiger partial charge in [-0.15, -0.1) is 0 Å². The standard InChI is InChI=1S/C19H21F3N2O/c1-18(2,3)14-9-5-7-12-6-4-8-13(16(12)14)17(19(20,21)22)24-11-10-15(25)23-24/h4-9,17H,10-11H2,1-3H3,(H,23,25)/t17-/m0/s1. The van der Waals surface area contributed by atoms with Gasteiger partial charge in [0.2, 0.25) is 5.91 Å². The predicted octanol–water partition coefficient (Wildman–Crippen LogP) is 4.48. The molecule has 3 nitrogen and oxygen atoms in total. The number of hydrazine groups is 1. The lowest BCUT2D eigenvalue weighted by atomic mass is 9.81. The van der Waals surface area contributed by atoms with Crippen LogP contribution in [0.1, 0.15) is 44.4 Å². The van der Waals surface area contributed by atoms with Gasteiger partial charge < -0.3 is 0 Å². The molecule has 6 heteroatoms. The summed E-state index contributed by atoms with van der Waals surface area (Å²) in [6.07, 6.45) is -4.43. The molecule has 25 heavy (non-hydrogen) atoms. The minimum Gasteiger partial charge on any atom is -0.288 e. The number of nitrogens with zero attached hydrogens (tertiary/aromatic N) is 1. The number of nitrogens with one attached hydrogen (secondary N) is 1. The summed E-state index contributed by atoms with van der Waals surface area (Å²) in [5.41, 5.74) is 3.09. The molecule has 0 aliphatic carbocycles. The van der Waals surface area contributed by atoms with Crippen molar-refractivity contribution in [2.24, 2.45) is 0 Å². The van der Waals surface area contributed by atoms with Crippen molar-refractivity contribution in [3.05, 3.63) is 47.5 Å². The highest BCUT2D eigenvalue weighted by molar-refractivity contribution is 5.90. The first-order valence-corrected chi connectivity index (χ1v) is 8.24. The van der Waals surface area contributed by atoms with Crippen LogP contribution in [0, 0.1) is 0 Å². The van der Waals surface area contributed by atoms with Crippen LogP contribution in [0.25, 0.3) is 10.8 Å². The van der Waals surface area contributed by atoms with Crippen LogP contribution < -0.4 is 5.43 Å². The summed E-state index contributed by atoms with van der Waals surface area (Å²) in [5, 5.41) is 2.39. The zero-order chi connectivity index (χ0) is 18.4. The molecular formula is C19H21F3N2O. The number of alkyl halides is 3. The number of carbonyl (C=O) groups excluding carboxylic acids is 1. The van der Waals surface area contributed by atoms with E-state index in [1.54, 1.807) is 6.07 Å². The molecule has 0 bridgehead atoms. The Kier molecular flexibility index (Phi) is 4.27. The Morgan fingerprint density at radius 1 is 1.08 bits per heavy atom. The molecule has 1 amide bonds. The predicted molar refractivity (Wildman–Crippen MR) is 90.9 cm³/mol. The van der Waals surface area contributed by atoms with E-state index in [-0.39, 0.29) is 29.9 Å². The average molecular weight is 350 g/mol. The number of rotatable bonds is 2. The maximum atomic E-state index is 13.9. The number of hydrogen-bond donors (Lipinski definition) is 1. The van der Waals surface area contributed by atoms with Crippen molar-refractivity contribution in [2.75, 3.05) is 6.54 Å². The van der Waals surface area contributed by atoms with Crippen molar-refractivity contribution in [1.29, 1.82) is 0 Å². The summed E-state index contributed by atoms with van der Waals surface area (Å²) >= 11 is 0. The summed E-state index contributed by atoms with van der Waals surface area (Å²) in [7, 11) is 0. The topological polar surface area (TPSA) is 32.3 Å². The quantitative estimate of drug-likeness (QED) is 0.866. The molecule has 1 N–H and O–H groups in total. The van der Waals surface area contributed by atoms with Crippen LogP contribution in [0.3, 0.4) is 0 Å². The van der Waals surface area contributed by atoms with Crippen LogP contribution >= 0.6 is 0 Å². The van der Waals surface area contributed by atoms with Crippen LogP contribution in [0.4, 0.5) is 13.2 Å². The molecule has 3 rings (SSSR count). The molecule has 2 aromatic carbocycles. The molecule has 0 saturated carbocycles. The fourth-order valence-electron chi connectivity index (χ4n) is 3.43. The Bertz CT molecular complexity index is 803. The zero-order valence-electron chi connectivity index (χ0n) is 14.4. The maximum Gasteiger partial charge on any atom is 0.409 e. The number of halogens is 3. The van der Waals surface area contributed by atoms with Crippen LogP contribution in [0.15, 0.2) is 36.4 Å². The molecule has 134 valence electrons. The number of carbonyl (C=O) groups is 1. The molecule has 1 heterocycles. The molecule has 1 aliphatic heterocycles. The molecule has 1 saturated heterocycles. The third-order valence-corrected chi connectivity index (χ3v) is 4.51. The first kappa shape index (κ1) is 17.7. The summed E-state index contributed by atoms with van der Waals surface area (Å²) in [6, 6.07) is 8.68. The molecule has 2 aromatic rings. The summed E-state index contributed by atoms with van der Waals surface area (Å²) in [4.78, 5) is 11.5. The van der Waals surface area contributed by atoms with Gasteiger partial charge >= 0.3 is 6.18 Å². The van der Waals surface area contributed by atoms with E-state index in [4.69, 9.17) is 0 Å². The minimum absolute atomic E-state index is 0.0388. The van der Waals surface area contributed by atoms with Gasteiger partial charge in [0.05, 0.1) is 0 Å². The van der Waals surface area contributed by atoms with Gasteiger partial charge in [-0.1, -0.05) is 57.2 Å². The molecule has 0 spiro atoms. The number of hydrogen-bond acceptors (Lipinski definition) is 2. The second-order valence-corrected chi connectivity index (χ2v) is 7.42. The van der Waals surface area contributed by atoms with Gasteiger partial charge in [0.25, 0.3) is 0 Å². The highest BCUT2D eigenvalue weighted by atomic mass is 19.4. The molecule has 0 radical (unpaired) electrons. The molecule has 0 unspecified atom stereocenters. The van der Waals surface area contributed by atoms with Gasteiger partial charge in [-0.3, -0.25) is 10.2 Å². The average Bonchev–Trinajstić information content (AvgIpc) is 2.90. The lowest BCUT2D eigenvalue weighted by molar-refractivity contribution is -0.190. The van der Waals surface area contributed by atoms with E-state index < -0.39 is 12.2 Å². The van der Waals surface area contributed by atoms with E-state index in [1.165, 1.54) is 6.07 Å². The van der Waals surface area contributed by atoms with E-state index in [0.29, 0.717) is 5.39 Å². The van der Waals surface area contributed by atoms with Crippen LogP contribution in [0.5, 0.6) is 0 Å². The maximum absolute atomic E-state index is 13.9. The van der Waals surface area contributed by atoms with E-state index in [0.717, 1.165) is 16.0 Å². The first-order chi connectivity index (χ1) is 11.6. The van der Waals surface area contributed by atoms with Gasteiger partial charge in [-0.05, 0) is 27.3 Å². The molecule has 1 aliphatic rings. The largest absolute Gasteiger partial charge is 0.409 e. The van der Waals surface area contributed by atoms with Crippen molar-refractivity contribution < 1.29 is 18.0 Å². The molecular weight excluding hydrogens is 329 g/mol. The molecule has 0 aromatic heterocycles. The molecule has 1 atom stereocenters. The Morgan fingerprint density at radius 3 is 2.24 bits per heavy atom. The number of amides is 1. The van der Waals surface area contributed by atoms with Crippen LogP contribution in [-0.2, 0) is 10.2 Å². The number of benzene rings is 2. The van der Waals surface area contributed by atoms with Gasteiger partial charge in [0.15, 0.2) is 6.04 Å². The van der Waals surface area contributed by atoms with Crippen molar-refractivity contribution in [3.8, 4) is 0 Å². The van der Waals surface area contributed by atoms with Crippen LogP contribution in [0.2, 0.25) is 0 Å². The SMILES string of the molecule is CC(C)(C)c1cccc2cccc([C@H](N3CCC(=O)N3)C(F)(F)F)c12. The summed E-state index contributed by atoms with van der Waals surface area (Å²) in [6.45, 7) is 5.99. The second kappa shape index (κ2) is 6.02.